The molecule has 5 nitrogen and oxygen atoms in total. The van der Waals surface area contributed by atoms with Crippen LogP contribution < -0.4 is 5.32 Å². The summed E-state index contributed by atoms with van der Waals surface area (Å²) in [5, 5.41) is 2.68. The smallest absolute Gasteiger partial charge is 0.262 e. The summed E-state index contributed by atoms with van der Waals surface area (Å²) in [6.45, 7) is 1.17. The Morgan fingerprint density at radius 3 is 2.27 bits per heavy atom. The number of rotatable bonds is 4. The molecule has 1 aliphatic rings. The predicted molar refractivity (Wildman–Crippen MR) is 94.8 cm³/mol. The fraction of sp³-hybridized carbons (Fsp3) is 0.167. The van der Waals surface area contributed by atoms with Gasteiger partial charge in [0.25, 0.3) is 11.8 Å². The number of fused-ring (bicyclic) bond motifs is 1. The Hall–Kier alpha value is -2.44. The van der Waals surface area contributed by atoms with E-state index >= 15 is 0 Å². The third-order valence-corrected chi connectivity index (χ3v) is 4.68. The van der Waals surface area contributed by atoms with E-state index < -0.39 is 36.1 Å². The van der Waals surface area contributed by atoms with Gasteiger partial charge < -0.3 is 5.32 Å². The van der Waals surface area contributed by atoms with Gasteiger partial charge in [-0.15, -0.1) is 0 Å². The fourth-order valence-electron chi connectivity index (χ4n) is 2.76. The van der Waals surface area contributed by atoms with Crippen molar-refractivity contribution >= 4 is 40.9 Å². The molecule has 0 aromatic heterocycles. The molecule has 1 atom stereocenters. The van der Waals surface area contributed by atoms with Crippen molar-refractivity contribution in [2.45, 2.75) is 13.0 Å². The van der Waals surface area contributed by atoms with E-state index in [4.69, 9.17) is 23.2 Å². The van der Waals surface area contributed by atoms with Gasteiger partial charge >= 0.3 is 0 Å². The number of carbonyl (C=O) groups excluding carboxylic acids is 3. The number of imide groups is 1. The molecule has 1 N–H and O–H groups in total. The number of halogens is 3. The highest BCUT2D eigenvalue weighted by Gasteiger charge is 2.36. The molecule has 2 aromatic carbocycles. The standard InChI is InChI=1S/C18H13Cl2FN2O3/c1-9(12-6-15(21)14(20)7-13(12)19)22-16(24)8-23-17(25)10-4-2-3-5-11(10)18(23)26/h2-7,9H,8H2,1H3,(H,22,24)/t9-/m0/s1. The van der Waals surface area contributed by atoms with Crippen molar-refractivity contribution in [2.24, 2.45) is 0 Å². The second kappa shape index (κ2) is 7.05. The predicted octanol–water partition coefficient (Wildman–Crippen LogP) is 3.61. The van der Waals surface area contributed by atoms with Crippen molar-refractivity contribution in [3.63, 3.8) is 0 Å². The van der Waals surface area contributed by atoms with E-state index in [0.29, 0.717) is 5.56 Å². The molecule has 1 heterocycles. The first-order chi connectivity index (χ1) is 12.3. The Labute approximate surface area is 158 Å². The Morgan fingerprint density at radius 2 is 1.69 bits per heavy atom. The van der Waals surface area contributed by atoms with Gasteiger partial charge in [-0.3, -0.25) is 19.3 Å². The van der Waals surface area contributed by atoms with Gasteiger partial charge in [0.15, 0.2) is 0 Å². The minimum Gasteiger partial charge on any atom is -0.348 e. The highest BCUT2D eigenvalue weighted by Crippen LogP contribution is 2.29. The number of amides is 3. The van der Waals surface area contributed by atoms with Crippen LogP contribution in [0.4, 0.5) is 4.39 Å². The van der Waals surface area contributed by atoms with Crippen LogP contribution in [0.5, 0.6) is 0 Å². The van der Waals surface area contributed by atoms with Gasteiger partial charge in [0, 0.05) is 5.02 Å². The maximum atomic E-state index is 13.6. The Bertz CT molecular complexity index is 898. The molecule has 3 rings (SSSR count). The van der Waals surface area contributed by atoms with E-state index in [9.17, 15) is 18.8 Å². The van der Waals surface area contributed by atoms with E-state index in [2.05, 4.69) is 5.32 Å². The van der Waals surface area contributed by atoms with Crippen molar-refractivity contribution in [3.8, 4) is 0 Å². The summed E-state index contributed by atoms with van der Waals surface area (Å²) in [5.41, 5.74) is 0.867. The van der Waals surface area contributed by atoms with Crippen molar-refractivity contribution < 1.29 is 18.8 Å². The zero-order chi connectivity index (χ0) is 19.0. The number of benzene rings is 2. The topological polar surface area (TPSA) is 66.5 Å². The summed E-state index contributed by atoms with van der Waals surface area (Å²) < 4.78 is 13.6. The van der Waals surface area contributed by atoms with Gasteiger partial charge in [-0.2, -0.15) is 0 Å². The number of nitrogens with zero attached hydrogens (tertiary/aromatic N) is 1. The number of nitrogens with one attached hydrogen (secondary N) is 1. The van der Waals surface area contributed by atoms with Crippen molar-refractivity contribution in [1.82, 2.24) is 10.2 Å². The van der Waals surface area contributed by atoms with Crippen LogP contribution in [0.3, 0.4) is 0 Å². The summed E-state index contributed by atoms with van der Waals surface area (Å²) in [4.78, 5) is 37.7. The van der Waals surface area contributed by atoms with Gasteiger partial charge in [-0.05, 0) is 36.8 Å². The fourth-order valence-corrected chi connectivity index (χ4v) is 3.31. The van der Waals surface area contributed by atoms with Crippen LogP contribution >= 0.6 is 23.2 Å². The molecule has 134 valence electrons. The molecule has 0 fully saturated rings. The second-order valence-electron chi connectivity index (χ2n) is 5.82. The molecular weight excluding hydrogens is 382 g/mol. The highest BCUT2D eigenvalue weighted by molar-refractivity contribution is 6.35. The van der Waals surface area contributed by atoms with Crippen LogP contribution in [0.15, 0.2) is 36.4 Å². The monoisotopic (exact) mass is 394 g/mol. The lowest BCUT2D eigenvalue weighted by molar-refractivity contribution is -0.122. The Kier molecular flexibility index (Phi) is 4.98. The SMILES string of the molecule is C[C@H](NC(=O)CN1C(=O)c2ccccc2C1=O)c1cc(F)c(Cl)cc1Cl. The molecule has 26 heavy (non-hydrogen) atoms. The van der Waals surface area contributed by atoms with E-state index in [-0.39, 0.29) is 21.2 Å². The average Bonchev–Trinajstić information content (AvgIpc) is 2.83. The molecule has 0 saturated carbocycles. The van der Waals surface area contributed by atoms with Crippen LogP contribution in [0.2, 0.25) is 10.0 Å². The molecule has 0 unspecified atom stereocenters. The Balaban J connectivity index is 1.71. The zero-order valence-corrected chi connectivity index (χ0v) is 15.1. The summed E-state index contributed by atoms with van der Waals surface area (Å²) in [6.07, 6.45) is 0. The lowest BCUT2D eigenvalue weighted by atomic mass is 10.1. The first-order valence-corrected chi connectivity index (χ1v) is 8.44. The lowest BCUT2D eigenvalue weighted by Gasteiger charge is -2.19. The van der Waals surface area contributed by atoms with Crippen molar-refractivity contribution in [3.05, 3.63) is 69.0 Å². The minimum atomic E-state index is -0.660. The normalized spacial score (nSPS) is 14.4. The van der Waals surface area contributed by atoms with Crippen LogP contribution in [-0.4, -0.2) is 29.2 Å². The summed E-state index contributed by atoms with van der Waals surface area (Å²) in [7, 11) is 0. The molecule has 3 amide bonds. The molecule has 0 aliphatic carbocycles. The van der Waals surface area contributed by atoms with Gasteiger partial charge in [-0.1, -0.05) is 35.3 Å². The van der Waals surface area contributed by atoms with Crippen molar-refractivity contribution in [2.75, 3.05) is 6.54 Å². The first-order valence-electron chi connectivity index (χ1n) is 7.68. The highest BCUT2D eigenvalue weighted by atomic mass is 35.5. The minimum absolute atomic E-state index is 0.122. The van der Waals surface area contributed by atoms with Gasteiger partial charge in [0.2, 0.25) is 5.91 Å². The molecule has 0 bridgehead atoms. The maximum absolute atomic E-state index is 13.6. The Morgan fingerprint density at radius 1 is 1.12 bits per heavy atom. The molecule has 1 aliphatic heterocycles. The first kappa shape index (κ1) is 18.4. The zero-order valence-electron chi connectivity index (χ0n) is 13.6. The summed E-state index contributed by atoms with van der Waals surface area (Å²) in [6, 6.07) is 8.10. The van der Waals surface area contributed by atoms with E-state index in [1.54, 1.807) is 19.1 Å². The molecule has 2 aromatic rings. The third-order valence-electron chi connectivity index (χ3n) is 4.06. The number of hydrogen-bond donors (Lipinski definition) is 1. The number of carbonyl (C=O) groups is 3. The van der Waals surface area contributed by atoms with E-state index in [1.165, 1.54) is 18.2 Å². The van der Waals surface area contributed by atoms with Gasteiger partial charge in [-0.25, -0.2) is 4.39 Å². The third kappa shape index (κ3) is 3.30. The number of hydrogen-bond acceptors (Lipinski definition) is 3. The molecular formula is C18H13Cl2FN2O3. The average molecular weight is 395 g/mol. The van der Waals surface area contributed by atoms with E-state index in [0.717, 1.165) is 11.0 Å². The van der Waals surface area contributed by atoms with Crippen LogP contribution in [0.1, 0.15) is 39.2 Å². The van der Waals surface area contributed by atoms with Gasteiger partial charge in [0.05, 0.1) is 22.2 Å². The van der Waals surface area contributed by atoms with E-state index in [1.807, 2.05) is 0 Å². The maximum Gasteiger partial charge on any atom is 0.262 e. The quantitative estimate of drug-likeness (QED) is 0.636. The van der Waals surface area contributed by atoms with Crippen LogP contribution in [-0.2, 0) is 4.79 Å². The van der Waals surface area contributed by atoms with Gasteiger partial charge in [0.1, 0.15) is 12.4 Å². The lowest BCUT2D eigenvalue weighted by Crippen LogP contribution is -2.41. The largest absolute Gasteiger partial charge is 0.348 e. The second-order valence-corrected chi connectivity index (χ2v) is 6.63. The van der Waals surface area contributed by atoms with Crippen LogP contribution in [0, 0.1) is 5.82 Å². The molecule has 0 radical (unpaired) electrons. The van der Waals surface area contributed by atoms with Crippen molar-refractivity contribution in [1.29, 1.82) is 0 Å². The van der Waals surface area contributed by atoms with Crippen LogP contribution in [0.25, 0.3) is 0 Å². The molecule has 0 saturated heterocycles. The summed E-state index contributed by atoms with van der Waals surface area (Å²) >= 11 is 11.7. The molecule has 0 spiro atoms. The molecule has 8 heteroatoms. The summed E-state index contributed by atoms with van der Waals surface area (Å²) in [5.74, 6) is -2.28.